The molecule has 0 aliphatic rings. The fourth-order valence-corrected chi connectivity index (χ4v) is 2.86. The Balaban J connectivity index is 1.97. The molecule has 1 aromatic carbocycles. The molecular formula is C16H19NO2S. The van der Waals surface area contributed by atoms with E-state index in [9.17, 15) is 9.90 Å². The average molecular weight is 289 g/mol. The predicted octanol–water partition coefficient (Wildman–Crippen LogP) is 2.64. The lowest BCUT2D eigenvalue weighted by Crippen LogP contribution is -2.38. The highest BCUT2D eigenvalue weighted by molar-refractivity contribution is 7.14. The molecule has 1 heterocycles. The molecule has 0 saturated heterocycles. The van der Waals surface area contributed by atoms with Crippen molar-refractivity contribution in [3.8, 4) is 0 Å². The Morgan fingerprint density at radius 1 is 1.25 bits per heavy atom. The fourth-order valence-electron chi connectivity index (χ4n) is 2.01. The Labute approximate surface area is 123 Å². The zero-order chi connectivity index (χ0) is 14.4. The number of rotatable bonds is 6. The maximum atomic E-state index is 12.1. The number of carbonyl (C=O) groups is 1. The third kappa shape index (κ3) is 3.92. The summed E-state index contributed by atoms with van der Waals surface area (Å²) in [6.45, 7) is 2.01. The summed E-state index contributed by atoms with van der Waals surface area (Å²) in [5.74, 6) is -0.107. The van der Waals surface area contributed by atoms with Crippen LogP contribution in [0.5, 0.6) is 0 Å². The highest BCUT2D eigenvalue weighted by Gasteiger charge is 2.15. The number of aryl methyl sites for hydroxylation is 1. The van der Waals surface area contributed by atoms with Crippen molar-refractivity contribution in [2.45, 2.75) is 25.8 Å². The van der Waals surface area contributed by atoms with Crippen molar-refractivity contribution < 1.29 is 9.90 Å². The smallest absolute Gasteiger partial charge is 0.261 e. The quantitative estimate of drug-likeness (QED) is 0.859. The van der Waals surface area contributed by atoms with Gasteiger partial charge < -0.3 is 10.4 Å². The van der Waals surface area contributed by atoms with Crippen LogP contribution in [0.3, 0.4) is 0 Å². The van der Waals surface area contributed by atoms with Gasteiger partial charge in [-0.15, -0.1) is 11.3 Å². The second-order valence-electron chi connectivity index (χ2n) is 4.66. The summed E-state index contributed by atoms with van der Waals surface area (Å²) in [6, 6.07) is 13.4. The molecule has 0 aliphatic heterocycles. The third-order valence-corrected chi connectivity index (χ3v) is 4.34. The zero-order valence-electron chi connectivity index (χ0n) is 11.5. The van der Waals surface area contributed by atoms with Gasteiger partial charge in [0.2, 0.25) is 0 Å². The van der Waals surface area contributed by atoms with E-state index in [1.54, 1.807) is 0 Å². The Kier molecular flexibility index (Phi) is 5.32. The minimum absolute atomic E-state index is 0.0629. The summed E-state index contributed by atoms with van der Waals surface area (Å²) in [4.78, 5) is 14.0. The molecule has 0 unspecified atom stereocenters. The van der Waals surface area contributed by atoms with Crippen LogP contribution in [0.1, 0.15) is 27.0 Å². The van der Waals surface area contributed by atoms with Crippen LogP contribution in [0.15, 0.2) is 42.5 Å². The van der Waals surface area contributed by atoms with Crippen LogP contribution in [0.2, 0.25) is 0 Å². The molecule has 1 amide bonds. The average Bonchev–Trinajstić information content (AvgIpc) is 2.96. The van der Waals surface area contributed by atoms with E-state index in [2.05, 4.69) is 12.2 Å². The van der Waals surface area contributed by atoms with Gasteiger partial charge in [0.25, 0.3) is 5.91 Å². The van der Waals surface area contributed by atoms with E-state index in [-0.39, 0.29) is 18.6 Å². The molecule has 2 aromatic rings. The van der Waals surface area contributed by atoms with E-state index < -0.39 is 0 Å². The number of hydrogen-bond acceptors (Lipinski definition) is 3. The first kappa shape index (κ1) is 14.8. The van der Waals surface area contributed by atoms with Gasteiger partial charge in [-0.25, -0.2) is 0 Å². The van der Waals surface area contributed by atoms with Crippen molar-refractivity contribution in [3.05, 3.63) is 57.8 Å². The second kappa shape index (κ2) is 7.22. The van der Waals surface area contributed by atoms with Crippen LogP contribution in [-0.2, 0) is 12.8 Å². The van der Waals surface area contributed by atoms with Gasteiger partial charge in [-0.2, -0.15) is 0 Å². The Hall–Kier alpha value is -1.65. The number of aliphatic hydroxyl groups is 1. The van der Waals surface area contributed by atoms with Crippen molar-refractivity contribution in [1.82, 2.24) is 5.32 Å². The van der Waals surface area contributed by atoms with Crippen LogP contribution >= 0.6 is 11.3 Å². The molecule has 0 bridgehead atoms. The molecule has 0 fully saturated rings. The number of hydrogen-bond donors (Lipinski definition) is 2. The first-order chi connectivity index (χ1) is 9.72. The minimum atomic E-state index is -0.253. The minimum Gasteiger partial charge on any atom is -0.394 e. The molecule has 2 N–H and O–H groups in total. The van der Waals surface area contributed by atoms with Gasteiger partial charge >= 0.3 is 0 Å². The van der Waals surface area contributed by atoms with Crippen LogP contribution < -0.4 is 5.32 Å². The molecule has 4 heteroatoms. The van der Waals surface area contributed by atoms with Gasteiger partial charge in [-0.05, 0) is 30.5 Å². The summed E-state index contributed by atoms with van der Waals surface area (Å²) >= 11 is 1.51. The second-order valence-corrected chi connectivity index (χ2v) is 5.83. The summed E-state index contributed by atoms with van der Waals surface area (Å²) in [6.07, 6.45) is 1.57. The first-order valence-corrected chi connectivity index (χ1v) is 7.59. The number of carbonyl (C=O) groups excluding carboxylic acids is 1. The molecule has 0 spiro atoms. The topological polar surface area (TPSA) is 49.3 Å². The van der Waals surface area contributed by atoms with Crippen molar-refractivity contribution in [2.75, 3.05) is 6.61 Å². The highest BCUT2D eigenvalue weighted by Crippen LogP contribution is 2.17. The van der Waals surface area contributed by atoms with Crippen LogP contribution in [-0.4, -0.2) is 23.7 Å². The van der Waals surface area contributed by atoms with E-state index in [1.165, 1.54) is 16.2 Å². The maximum Gasteiger partial charge on any atom is 0.261 e. The van der Waals surface area contributed by atoms with E-state index in [0.29, 0.717) is 11.3 Å². The number of nitrogens with one attached hydrogen (secondary N) is 1. The SMILES string of the molecule is CCc1ccc(C(=O)N[C@H](CO)Cc2ccccc2)s1. The molecule has 20 heavy (non-hydrogen) atoms. The largest absolute Gasteiger partial charge is 0.394 e. The standard InChI is InChI=1S/C16H19NO2S/c1-2-14-8-9-15(20-14)16(19)17-13(11-18)10-12-6-4-3-5-7-12/h3-9,13,18H,2,10-11H2,1H3,(H,17,19)/t13-/m0/s1. The summed E-state index contributed by atoms with van der Waals surface area (Å²) in [7, 11) is 0. The van der Waals surface area contributed by atoms with Crippen LogP contribution in [0.25, 0.3) is 0 Å². The van der Waals surface area contributed by atoms with Gasteiger partial charge in [0.05, 0.1) is 17.5 Å². The summed E-state index contributed by atoms with van der Waals surface area (Å²) in [5, 5.41) is 12.3. The van der Waals surface area contributed by atoms with Gasteiger partial charge in [0.15, 0.2) is 0 Å². The number of amides is 1. The van der Waals surface area contributed by atoms with E-state index in [0.717, 1.165) is 12.0 Å². The number of aliphatic hydroxyl groups excluding tert-OH is 1. The van der Waals surface area contributed by atoms with Crippen molar-refractivity contribution in [1.29, 1.82) is 0 Å². The first-order valence-electron chi connectivity index (χ1n) is 6.77. The monoisotopic (exact) mass is 289 g/mol. The van der Waals surface area contributed by atoms with E-state index in [4.69, 9.17) is 0 Å². The van der Waals surface area contributed by atoms with Crippen LogP contribution in [0.4, 0.5) is 0 Å². The van der Waals surface area contributed by atoms with Crippen LogP contribution in [0, 0.1) is 0 Å². The molecule has 1 aromatic heterocycles. The van der Waals surface area contributed by atoms with Gasteiger partial charge in [-0.1, -0.05) is 37.3 Å². The number of thiophene rings is 1. The highest BCUT2D eigenvalue weighted by atomic mass is 32.1. The summed E-state index contributed by atoms with van der Waals surface area (Å²) in [5.41, 5.74) is 1.10. The predicted molar refractivity (Wildman–Crippen MR) is 82.2 cm³/mol. The lowest BCUT2D eigenvalue weighted by Gasteiger charge is -2.15. The molecule has 0 radical (unpaired) electrons. The fraction of sp³-hybridized carbons (Fsp3) is 0.312. The Bertz CT molecular complexity index is 551. The molecule has 3 nitrogen and oxygen atoms in total. The maximum absolute atomic E-state index is 12.1. The zero-order valence-corrected chi connectivity index (χ0v) is 12.3. The van der Waals surface area contributed by atoms with Crippen molar-refractivity contribution in [2.24, 2.45) is 0 Å². The molecule has 106 valence electrons. The Morgan fingerprint density at radius 3 is 2.60 bits per heavy atom. The molecule has 0 saturated carbocycles. The molecule has 2 rings (SSSR count). The van der Waals surface area contributed by atoms with Crippen molar-refractivity contribution in [3.63, 3.8) is 0 Å². The Morgan fingerprint density at radius 2 is 2.00 bits per heavy atom. The lowest BCUT2D eigenvalue weighted by molar-refractivity contribution is 0.0920. The van der Waals surface area contributed by atoms with Gasteiger partial charge in [0.1, 0.15) is 0 Å². The van der Waals surface area contributed by atoms with Gasteiger partial charge in [0, 0.05) is 4.88 Å². The summed E-state index contributed by atoms with van der Waals surface area (Å²) < 4.78 is 0. The normalized spacial score (nSPS) is 12.1. The molecular weight excluding hydrogens is 270 g/mol. The lowest BCUT2D eigenvalue weighted by atomic mass is 10.1. The third-order valence-electron chi connectivity index (χ3n) is 3.11. The van der Waals surface area contributed by atoms with E-state index >= 15 is 0 Å². The van der Waals surface area contributed by atoms with Crippen molar-refractivity contribution >= 4 is 17.2 Å². The van der Waals surface area contributed by atoms with E-state index in [1.807, 2.05) is 42.5 Å². The van der Waals surface area contributed by atoms with Gasteiger partial charge in [-0.3, -0.25) is 4.79 Å². The molecule has 1 atom stereocenters. The molecule has 0 aliphatic carbocycles. The number of benzene rings is 1.